The number of benzene rings is 1. The number of likely N-dealkylation sites (tertiary alicyclic amines) is 1. The van der Waals surface area contributed by atoms with E-state index in [-0.39, 0.29) is 30.1 Å². The second kappa shape index (κ2) is 5.21. The maximum absolute atomic E-state index is 12.1. The third kappa shape index (κ3) is 2.53. The molecule has 0 aromatic heterocycles. The van der Waals surface area contributed by atoms with Crippen molar-refractivity contribution in [2.24, 2.45) is 11.7 Å². The summed E-state index contributed by atoms with van der Waals surface area (Å²) in [4.78, 5) is 24.6. The molecule has 4 nitrogen and oxygen atoms in total. The number of carbonyl (C=O) groups excluding carboxylic acids is 2. The first kappa shape index (κ1) is 7.56. The fourth-order valence-electron chi connectivity index (χ4n) is 2.24. The Bertz CT molecular complexity index is 651. The smallest absolute Gasteiger partial charge is 0.312 e. The average Bonchev–Trinajstić information content (AvgIpc) is 2.51. The van der Waals surface area contributed by atoms with E-state index >= 15 is 0 Å². The Hall–Kier alpha value is -1.84. The fraction of sp³-hybridized carbons (Fsp3) is 0.429. The van der Waals surface area contributed by atoms with Gasteiger partial charge in [0.1, 0.15) is 0 Å². The molecule has 2 atom stereocenters. The lowest BCUT2D eigenvalue weighted by molar-refractivity contribution is -0.147. The lowest BCUT2D eigenvalue weighted by Gasteiger charge is -2.38. The summed E-state index contributed by atoms with van der Waals surface area (Å²) in [7, 11) is 0. The van der Waals surface area contributed by atoms with Crippen molar-refractivity contribution in [1.29, 1.82) is 0 Å². The van der Waals surface area contributed by atoms with Crippen molar-refractivity contribution in [3.63, 3.8) is 0 Å². The molecule has 1 fully saturated rings. The minimum Gasteiger partial charge on any atom is -0.361 e. The Morgan fingerprint density at radius 1 is 1.33 bits per heavy atom. The quantitative estimate of drug-likeness (QED) is 0.768. The third-order valence-electron chi connectivity index (χ3n) is 3.14. The van der Waals surface area contributed by atoms with E-state index in [0.29, 0.717) is 6.42 Å². The lowest BCUT2D eigenvalue weighted by atomic mass is 9.90. The van der Waals surface area contributed by atoms with E-state index in [1.54, 1.807) is 0 Å². The highest BCUT2D eigenvalue weighted by Gasteiger charge is 2.32. The number of primary amides is 1. The molecular formula is C14H18N2O2. The molecule has 1 unspecified atom stereocenters. The zero-order chi connectivity index (χ0) is 17.5. The van der Waals surface area contributed by atoms with E-state index < -0.39 is 36.0 Å². The maximum atomic E-state index is 12.1. The minimum atomic E-state index is -1.11. The highest BCUT2D eigenvalue weighted by molar-refractivity contribution is 6.34. The Balaban J connectivity index is 2.59. The van der Waals surface area contributed by atoms with Gasteiger partial charge in [-0.05, 0) is 24.3 Å². The highest BCUT2D eigenvalue weighted by atomic mass is 16.2. The van der Waals surface area contributed by atoms with Crippen molar-refractivity contribution in [2.75, 3.05) is 6.54 Å². The summed E-state index contributed by atoms with van der Waals surface area (Å²) in [5.74, 6) is -1.87. The van der Waals surface area contributed by atoms with Crippen LogP contribution in [0.2, 0.25) is 0 Å². The number of hydrogen-bond donors (Lipinski definition) is 1. The molecule has 0 spiro atoms. The van der Waals surface area contributed by atoms with Gasteiger partial charge in [0.25, 0.3) is 0 Å². The van der Waals surface area contributed by atoms with Crippen LogP contribution in [0.15, 0.2) is 30.2 Å². The van der Waals surface area contributed by atoms with Crippen LogP contribution in [0.1, 0.15) is 38.2 Å². The topological polar surface area (TPSA) is 63.4 Å². The van der Waals surface area contributed by atoms with E-state index in [1.165, 1.54) is 4.90 Å². The van der Waals surface area contributed by atoms with Crippen molar-refractivity contribution in [1.82, 2.24) is 4.90 Å². The van der Waals surface area contributed by atoms with Crippen LogP contribution in [0.25, 0.3) is 0 Å². The van der Waals surface area contributed by atoms with Gasteiger partial charge in [0, 0.05) is 6.54 Å². The van der Waals surface area contributed by atoms with Gasteiger partial charge in [0.05, 0.1) is 12.9 Å². The largest absolute Gasteiger partial charge is 0.361 e. The average molecular weight is 251 g/mol. The molecule has 0 saturated carbocycles. The molecular weight excluding hydrogens is 228 g/mol. The van der Waals surface area contributed by atoms with Crippen LogP contribution in [0.3, 0.4) is 0 Å². The van der Waals surface area contributed by atoms with Crippen LogP contribution >= 0.6 is 0 Å². The Kier molecular flexibility index (Phi) is 2.19. The van der Waals surface area contributed by atoms with E-state index in [4.69, 9.17) is 12.6 Å². The van der Waals surface area contributed by atoms with Crippen LogP contribution in [0, 0.1) is 5.92 Å². The van der Waals surface area contributed by atoms with Gasteiger partial charge in [-0.2, -0.15) is 0 Å². The molecule has 18 heavy (non-hydrogen) atoms. The van der Waals surface area contributed by atoms with Gasteiger partial charge in [-0.25, -0.2) is 0 Å². The van der Waals surface area contributed by atoms with Crippen molar-refractivity contribution in [3.8, 4) is 0 Å². The lowest BCUT2D eigenvalue weighted by Crippen LogP contribution is -2.46. The van der Waals surface area contributed by atoms with Crippen molar-refractivity contribution >= 4 is 11.8 Å². The van der Waals surface area contributed by atoms with Crippen LogP contribution in [-0.2, 0) is 9.59 Å². The second-order valence-electron chi connectivity index (χ2n) is 4.56. The summed E-state index contributed by atoms with van der Waals surface area (Å²) < 4.78 is 39.2. The molecule has 2 amide bonds. The zero-order valence-electron chi connectivity index (χ0n) is 15.1. The normalized spacial score (nSPS) is 27.6. The molecule has 2 rings (SSSR count). The molecule has 1 saturated heterocycles. The van der Waals surface area contributed by atoms with Crippen molar-refractivity contribution < 1.29 is 16.4 Å². The van der Waals surface area contributed by atoms with Gasteiger partial charge in [0.2, 0.25) is 0 Å². The Labute approximate surface area is 114 Å². The fourth-order valence-corrected chi connectivity index (χ4v) is 2.24. The molecule has 96 valence electrons. The monoisotopic (exact) mass is 251 g/mol. The van der Waals surface area contributed by atoms with E-state index in [9.17, 15) is 9.59 Å². The standard InChI is InChI=1S/C14H18N2O2/c1-10-7-8-12(11-5-3-2-4-6-11)16(9-10)14(18)13(15)17/h2-6,10,12H,7-9H2,1H3,(H2,15,17)/t10-,12?/m0/s1/i2D,3D,4D,5D,6D. The Morgan fingerprint density at radius 2 is 2.00 bits per heavy atom. The first-order valence-electron chi connectivity index (χ1n) is 8.34. The molecule has 0 aliphatic carbocycles. The summed E-state index contributed by atoms with van der Waals surface area (Å²) in [6.07, 6.45) is 1.13. The van der Waals surface area contributed by atoms with E-state index in [0.717, 1.165) is 6.42 Å². The van der Waals surface area contributed by atoms with Gasteiger partial charge >= 0.3 is 11.8 Å². The second-order valence-corrected chi connectivity index (χ2v) is 4.56. The predicted molar refractivity (Wildman–Crippen MR) is 68.5 cm³/mol. The first-order chi connectivity index (χ1) is 10.7. The predicted octanol–water partition coefficient (Wildman–Crippen LogP) is 1.47. The van der Waals surface area contributed by atoms with E-state index in [2.05, 4.69) is 0 Å². The minimum absolute atomic E-state index is 0.0394. The highest BCUT2D eigenvalue weighted by Crippen LogP contribution is 2.33. The molecule has 1 aliphatic heterocycles. The SMILES string of the molecule is [2H]c1c([2H])c([2H])c(C2CC[C@H](C)CN2C(=O)C(N)=O)c([2H])c1[2H]. The molecule has 1 aliphatic rings. The number of piperidine rings is 1. The van der Waals surface area contributed by atoms with Crippen LogP contribution in [0.4, 0.5) is 0 Å². The van der Waals surface area contributed by atoms with Gasteiger partial charge in [-0.3, -0.25) is 9.59 Å². The number of nitrogens with zero attached hydrogens (tertiary/aromatic N) is 1. The number of nitrogens with two attached hydrogens (primary N) is 1. The molecule has 1 heterocycles. The van der Waals surface area contributed by atoms with E-state index in [1.807, 2.05) is 6.92 Å². The summed E-state index contributed by atoms with van der Waals surface area (Å²) in [6, 6.07) is -2.84. The van der Waals surface area contributed by atoms with Crippen LogP contribution < -0.4 is 5.73 Å². The zero-order valence-corrected chi connectivity index (χ0v) is 10.1. The number of carbonyl (C=O) groups is 2. The summed E-state index contributed by atoms with van der Waals surface area (Å²) in [5, 5.41) is 0. The van der Waals surface area contributed by atoms with Gasteiger partial charge in [-0.1, -0.05) is 37.1 Å². The molecule has 4 heteroatoms. The number of hydrogen-bond acceptors (Lipinski definition) is 2. The summed E-state index contributed by atoms with van der Waals surface area (Å²) in [5.41, 5.74) is 5.12. The van der Waals surface area contributed by atoms with Crippen LogP contribution in [0.5, 0.6) is 0 Å². The van der Waals surface area contributed by atoms with Crippen molar-refractivity contribution in [2.45, 2.75) is 25.8 Å². The van der Waals surface area contributed by atoms with Gasteiger partial charge < -0.3 is 10.6 Å². The first-order valence-corrected chi connectivity index (χ1v) is 5.84. The maximum Gasteiger partial charge on any atom is 0.312 e. The Morgan fingerprint density at radius 3 is 2.61 bits per heavy atom. The van der Waals surface area contributed by atoms with Gasteiger partial charge in [-0.15, -0.1) is 0 Å². The summed E-state index contributed by atoms with van der Waals surface area (Å²) >= 11 is 0. The molecule has 1 aromatic carbocycles. The van der Waals surface area contributed by atoms with Crippen LogP contribution in [-0.4, -0.2) is 23.3 Å². The van der Waals surface area contributed by atoms with Gasteiger partial charge in [0.15, 0.2) is 0 Å². The molecule has 2 N–H and O–H groups in total. The molecule has 1 aromatic rings. The number of amides is 2. The van der Waals surface area contributed by atoms with Crippen molar-refractivity contribution in [3.05, 3.63) is 35.8 Å². The molecule has 0 radical (unpaired) electrons. The molecule has 0 bridgehead atoms. The number of rotatable bonds is 1. The third-order valence-corrected chi connectivity index (χ3v) is 3.14. The summed E-state index contributed by atoms with van der Waals surface area (Å²) in [6.45, 7) is 2.17.